The first-order valence-electron chi connectivity index (χ1n) is 5.67. The van der Waals surface area contributed by atoms with Crippen LogP contribution < -0.4 is 11.1 Å². The number of primary amides is 1. The van der Waals surface area contributed by atoms with Gasteiger partial charge in [-0.25, -0.2) is 10.2 Å². The standard InChI is InChI=1S/C12H17ClN2O3/c1-7(2)17-10-4-3-8(5-9(10)6-13)11(14)18-12(15)16/h4-5,7-8,14H,3,6H2,1-2H3,(H2,15,16)/p+1. The third kappa shape index (κ3) is 4.07. The molecule has 1 aliphatic rings. The molecule has 1 amide bonds. The Morgan fingerprint density at radius 1 is 1.67 bits per heavy atom. The van der Waals surface area contributed by atoms with Gasteiger partial charge in [0.1, 0.15) is 11.7 Å². The summed E-state index contributed by atoms with van der Waals surface area (Å²) in [5, 5.41) is 5.65. The average Bonchev–Trinajstić information content (AvgIpc) is 2.27. The summed E-state index contributed by atoms with van der Waals surface area (Å²) in [6.07, 6.45) is 3.47. The van der Waals surface area contributed by atoms with Crippen molar-refractivity contribution in [3.05, 3.63) is 23.5 Å². The molecular weight excluding hydrogens is 256 g/mol. The summed E-state index contributed by atoms with van der Waals surface area (Å²) in [5.41, 5.74) is 5.74. The number of hydrogen-bond acceptors (Lipinski definition) is 3. The van der Waals surface area contributed by atoms with Gasteiger partial charge in [-0.3, -0.25) is 0 Å². The molecule has 1 atom stereocenters. The SMILES string of the molecule is CC(C)OC1=CCC(C(=[NH2+])OC(N)=O)C=C1CCl. The molecule has 1 aliphatic carbocycles. The summed E-state index contributed by atoms with van der Waals surface area (Å²) in [6.45, 7) is 3.88. The topological polar surface area (TPSA) is 87.1 Å². The van der Waals surface area contributed by atoms with E-state index in [0.29, 0.717) is 12.3 Å². The lowest BCUT2D eigenvalue weighted by Crippen LogP contribution is -2.47. The summed E-state index contributed by atoms with van der Waals surface area (Å²) in [7, 11) is 0. The molecule has 0 radical (unpaired) electrons. The largest absolute Gasteiger partial charge is 0.491 e. The average molecular weight is 274 g/mol. The molecule has 1 rings (SSSR count). The summed E-state index contributed by atoms with van der Waals surface area (Å²) >= 11 is 5.86. The molecule has 0 heterocycles. The molecule has 0 saturated heterocycles. The molecule has 0 fully saturated rings. The molecule has 18 heavy (non-hydrogen) atoms. The van der Waals surface area contributed by atoms with E-state index in [4.69, 9.17) is 27.5 Å². The summed E-state index contributed by atoms with van der Waals surface area (Å²) < 4.78 is 10.3. The summed E-state index contributed by atoms with van der Waals surface area (Å²) in [6, 6.07) is 0. The molecule has 0 bridgehead atoms. The molecule has 0 spiro atoms. The predicted molar refractivity (Wildman–Crippen MR) is 68.8 cm³/mol. The quantitative estimate of drug-likeness (QED) is 0.450. The maximum Gasteiger partial charge on any atom is 0.414 e. The van der Waals surface area contributed by atoms with Crippen LogP contribution in [0.5, 0.6) is 0 Å². The second kappa shape index (κ2) is 6.44. The van der Waals surface area contributed by atoms with Gasteiger partial charge in [0.05, 0.1) is 12.0 Å². The van der Waals surface area contributed by atoms with Gasteiger partial charge in [0.15, 0.2) is 0 Å². The summed E-state index contributed by atoms with van der Waals surface area (Å²) in [4.78, 5) is 10.6. The van der Waals surface area contributed by atoms with Gasteiger partial charge in [-0.1, -0.05) is 6.08 Å². The van der Waals surface area contributed by atoms with Crippen LogP contribution in [-0.4, -0.2) is 24.0 Å². The van der Waals surface area contributed by atoms with E-state index in [1.54, 1.807) is 0 Å². The molecule has 100 valence electrons. The highest BCUT2D eigenvalue weighted by Crippen LogP contribution is 2.26. The van der Waals surface area contributed by atoms with Crippen molar-refractivity contribution < 1.29 is 19.7 Å². The van der Waals surface area contributed by atoms with E-state index in [9.17, 15) is 4.79 Å². The lowest BCUT2D eigenvalue weighted by Gasteiger charge is -2.21. The zero-order valence-corrected chi connectivity index (χ0v) is 11.2. The van der Waals surface area contributed by atoms with Gasteiger partial charge < -0.3 is 15.2 Å². The van der Waals surface area contributed by atoms with E-state index in [1.807, 2.05) is 26.0 Å². The maximum absolute atomic E-state index is 10.6. The number of rotatable bonds is 4. The van der Waals surface area contributed by atoms with Gasteiger partial charge in [0.25, 0.3) is 0 Å². The van der Waals surface area contributed by atoms with Crippen LogP contribution in [0.4, 0.5) is 4.79 Å². The number of alkyl halides is 1. The van der Waals surface area contributed by atoms with Crippen LogP contribution in [0.3, 0.4) is 0 Å². The number of nitrogens with two attached hydrogens (primary N) is 2. The summed E-state index contributed by atoms with van der Waals surface area (Å²) in [5.74, 6) is 0.915. The van der Waals surface area contributed by atoms with Gasteiger partial charge in [0.2, 0.25) is 0 Å². The van der Waals surface area contributed by atoms with Crippen LogP contribution in [-0.2, 0) is 9.47 Å². The fourth-order valence-corrected chi connectivity index (χ4v) is 1.86. The maximum atomic E-state index is 10.6. The van der Waals surface area contributed by atoms with Crippen LogP contribution in [0.15, 0.2) is 23.5 Å². The minimum atomic E-state index is -0.915. The first-order valence-corrected chi connectivity index (χ1v) is 6.21. The number of hydrogen-bond donors (Lipinski definition) is 2. The van der Waals surface area contributed by atoms with E-state index < -0.39 is 6.09 Å². The molecular formula is C12H18ClN2O3+. The molecule has 5 nitrogen and oxygen atoms in total. The van der Waals surface area contributed by atoms with E-state index in [1.165, 1.54) is 0 Å². The van der Waals surface area contributed by atoms with Crippen molar-refractivity contribution in [3.8, 4) is 0 Å². The minimum Gasteiger partial charge on any atom is -0.491 e. The van der Waals surface area contributed by atoms with Crippen molar-refractivity contribution in [3.63, 3.8) is 0 Å². The van der Waals surface area contributed by atoms with E-state index >= 15 is 0 Å². The Morgan fingerprint density at radius 3 is 2.83 bits per heavy atom. The lowest BCUT2D eigenvalue weighted by molar-refractivity contribution is -0.140. The Labute approximate surface area is 111 Å². The fraction of sp³-hybridized carbons (Fsp3) is 0.500. The van der Waals surface area contributed by atoms with Gasteiger partial charge in [-0.05, 0) is 26.3 Å². The zero-order valence-electron chi connectivity index (χ0n) is 10.5. The number of amides is 1. The number of carbonyl (C=O) groups is 1. The molecule has 1 unspecified atom stereocenters. The van der Waals surface area contributed by atoms with Crippen LogP contribution in [0.25, 0.3) is 0 Å². The molecule has 6 heteroatoms. The van der Waals surface area contributed by atoms with Crippen molar-refractivity contribution in [2.24, 2.45) is 11.7 Å². The predicted octanol–water partition coefficient (Wildman–Crippen LogP) is 0.733. The minimum absolute atomic E-state index is 0.0719. The Bertz CT molecular complexity index is 402. The third-order valence-electron chi connectivity index (χ3n) is 2.37. The van der Waals surface area contributed by atoms with E-state index in [2.05, 4.69) is 4.74 Å². The van der Waals surface area contributed by atoms with Crippen molar-refractivity contribution in [1.29, 1.82) is 0 Å². The Balaban J connectivity index is 2.75. The second-order valence-corrected chi connectivity index (χ2v) is 4.49. The normalized spacial score (nSPS) is 19.0. The molecule has 0 aromatic carbocycles. The van der Waals surface area contributed by atoms with Crippen LogP contribution in [0, 0.1) is 5.92 Å². The van der Waals surface area contributed by atoms with Gasteiger partial charge in [0, 0.05) is 5.57 Å². The monoisotopic (exact) mass is 273 g/mol. The van der Waals surface area contributed by atoms with Crippen LogP contribution in [0.1, 0.15) is 20.3 Å². The highest BCUT2D eigenvalue weighted by atomic mass is 35.5. The van der Waals surface area contributed by atoms with Gasteiger partial charge >= 0.3 is 12.0 Å². The van der Waals surface area contributed by atoms with Gasteiger partial charge in [-0.2, -0.15) is 0 Å². The van der Waals surface area contributed by atoms with Crippen molar-refractivity contribution >= 4 is 23.6 Å². The third-order valence-corrected chi connectivity index (χ3v) is 2.65. The molecule has 0 saturated carbocycles. The fourth-order valence-electron chi connectivity index (χ4n) is 1.64. The Hall–Kier alpha value is -1.49. The molecule has 0 aliphatic heterocycles. The second-order valence-electron chi connectivity index (χ2n) is 4.23. The zero-order chi connectivity index (χ0) is 13.7. The van der Waals surface area contributed by atoms with Crippen LogP contribution in [0.2, 0.25) is 0 Å². The Kier molecular flexibility index (Phi) is 5.22. The van der Waals surface area contributed by atoms with E-state index in [-0.39, 0.29) is 17.9 Å². The van der Waals surface area contributed by atoms with E-state index in [0.717, 1.165) is 11.3 Å². The smallest absolute Gasteiger partial charge is 0.414 e. The molecule has 4 N–H and O–H groups in total. The first-order chi connectivity index (χ1) is 8.43. The Morgan fingerprint density at radius 2 is 2.33 bits per heavy atom. The molecule has 0 aromatic rings. The van der Waals surface area contributed by atoms with Gasteiger partial charge in [-0.15, -0.1) is 11.6 Å². The van der Waals surface area contributed by atoms with Crippen molar-refractivity contribution in [2.45, 2.75) is 26.4 Å². The number of halogens is 1. The van der Waals surface area contributed by atoms with Crippen LogP contribution >= 0.6 is 11.6 Å². The molecule has 0 aromatic heterocycles. The lowest BCUT2D eigenvalue weighted by atomic mass is 9.95. The number of carbonyl (C=O) groups excluding carboxylic acids is 1. The first kappa shape index (κ1) is 14.6. The highest BCUT2D eigenvalue weighted by Gasteiger charge is 2.26. The van der Waals surface area contributed by atoms with Crippen molar-refractivity contribution in [1.82, 2.24) is 0 Å². The highest BCUT2D eigenvalue weighted by molar-refractivity contribution is 6.19. The number of ether oxygens (including phenoxy) is 2. The van der Waals surface area contributed by atoms with Crippen molar-refractivity contribution in [2.75, 3.05) is 5.88 Å². The number of allylic oxidation sites excluding steroid dienone is 2.